The molecule has 0 aliphatic heterocycles. The van der Waals surface area contributed by atoms with Crippen LogP contribution in [-0.2, 0) is 15.6 Å². The lowest BCUT2D eigenvalue weighted by Gasteiger charge is -2.20. The average Bonchev–Trinajstić information content (AvgIpc) is 2.81. The maximum absolute atomic E-state index is 10.9. The van der Waals surface area contributed by atoms with Crippen LogP contribution < -0.4 is 0 Å². The van der Waals surface area contributed by atoms with Crippen LogP contribution in [0.1, 0.15) is 58.6 Å². The van der Waals surface area contributed by atoms with Gasteiger partial charge in [0.2, 0.25) is 0 Å². The van der Waals surface area contributed by atoms with Crippen LogP contribution in [0.15, 0.2) is 11.5 Å². The summed E-state index contributed by atoms with van der Waals surface area (Å²) in [4.78, 5) is 16.5. The molecule has 2 rings (SSSR count). The van der Waals surface area contributed by atoms with Gasteiger partial charge in [-0.25, -0.2) is 9.78 Å². The third-order valence-corrected chi connectivity index (χ3v) is 4.09. The highest BCUT2D eigenvalue weighted by atomic mass is 32.1. The van der Waals surface area contributed by atoms with Gasteiger partial charge in [0.25, 0.3) is 0 Å². The van der Waals surface area contributed by atoms with E-state index in [0.717, 1.165) is 22.0 Å². The van der Waals surface area contributed by atoms with Crippen LogP contribution in [0.25, 0.3) is 11.0 Å². The minimum Gasteiger partial charge on any atom is -0.478 e. The molecule has 0 unspecified atom stereocenters. The molecule has 0 bridgehead atoms. The number of fused-ring (bicyclic) bond motifs is 1. The van der Waals surface area contributed by atoms with Gasteiger partial charge in [0.1, 0.15) is 0 Å². The second-order valence-corrected chi connectivity index (χ2v) is 8.09. The molecule has 2 heterocycles. The number of imidazole rings is 1. The van der Waals surface area contributed by atoms with Gasteiger partial charge < -0.3 is 5.11 Å². The zero-order valence-corrected chi connectivity index (χ0v) is 14.2. The van der Waals surface area contributed by atoms with E-state index in [0.29, 0.717) is 0 Å². The summed E-state index contributed by atoms with van der Waals surface area (Å²) < 4.78 is 2.09. The lowest BCUT2D eigenvalue weighted by atomic mass is 9.90. The zero-order valence-electron chi connectivity index (χ0n) is 13.4. The molecule has 1 N–H and O–H groups in total. The topological polar surface area (TPSA) is 54.6 Å². The second kappa shape index (κ2) is 4.98. The Hall–Kier alpha value is -1.62. The van der Waals surface area contributed by atoms with Crippen molar-refractivity contribution >= 4 is 28.3 Å². The molecule has 0 spiro atoms. The normalized spacial score (nSPS) is 13.4. The van der Waals surface area contributed by atoms with E-state index in [4.69, 9.17) is 10.1 Å². The van der Waals surface area contributed by atoms with Crippen molar-refractivity contribution in [3.63, 3.8) is 0 Å². The van der Waals surface area contributed by atoms with Crippen LogP contribution in [0.5, 0.6) is 0 Å². The smallest absolute Gasteiger partial charge is 0.328 e. The van der Waals surface area contributed by atoms with Crippen molar-refractivity contribution in [1.82, 2.24) is 9.38 Å². The number of nitrogens with zero attached hydrogens (tertiary/aromatic N) is 2. The van der Waals surface area contributed by atoms with E-state index in [1.54, 1.807) is 17.4 Å². The predicted molar refractivity (Wildman–Crippen MR) is 87.1 cm³/mol. The molecular formula is C16H22N2O2S. The molecule has 0 aromatic carbocycles. The van der Waals surface area contributed by atoms with E-state index >= 15 is 0 Å². The van der Waals surface area contributed by atoms with Crippen molar-refractivity contribution in [2.75, 3.05) is 0 Å². The number of aliphatic carboxylic acids is 1. The fourth-order valence-electron chi connectivity index (χ4n) is 2.25. The van der Waals surface area contributed by atoms with E-state index in [1.165, 1.54) is 6.08 Å². The third-order valence-electron chi connectivity index (χ3n) is 3.26. The first kappa shape index (κ1) is 15.8. The lowest BCUT2D eigenvalue weighted by Crippen LogP contribution is -2.17. The Morgan fingerprint density at radius 2 is 1.86 bits per heavy atom. The molecule has 0 saturated heterocycles. The predicted octanol–water partition coefficient (Wildman–Crippen LogP) is 4.09. The molecule has 21 heavy (non-hydrogen) atoms. The summed E-state index contributed by atoms with van der Waals surface area (Å²) in [5.74, 6) is -0.947. The first-order valence-corrected chi connectivity index (χ1v) is 7.81. The van der Waals surface area contributed by atoms with Crippen LogP contribution >= 0.6 is 11.3 Å². The first-order chi connectivity index (χ1) is 9.51. The summed E-state index contributed by atoms with van der Waals surface area (Å²) in [5.41, 5.74) is 2.78. The molecule has 2 aromatic heterocycles. The van der Waals surface area contributed by atoms with Gasteiger partial charge in [-0.3, -0.25) is 4.40 Å². The van der Waals surface area contributed by atoms with E-state index in [1.807, 2.05) is 0 Å². The largest absolute Gasteiger partial charge is 0.478 e. The van der Waals surface area contributed by atoms with Crippen molar-refractivity contribution < 1.29 is 9.90 Å². The number of carboxylic acid groups (broad SMARTS) is 1. The maximum Gasteiger partial charge on any atom is 0.328 e. The van der Waals surface area contributed by atoms with Gasteiger partial charge in [0, 0.05) is 28.0 Å². The summed E-state index contributed by atoms with van der Waals surface area (Å²) in [5, 5.41) is 11.0. The van der Waals surface area contributed by atoms with Crippen molar-refractivity contribution in [3.8, 4) is 0 Å². The van der Waals surface area contributed by atoms with Crippen molar-refractivity contribution in [3.05, 3.63) is 28.5 Å². The van der Waals surface area contributed by atoms with Gasteiger partial charge in [-0.05, 0) is 6.08 Å². The molecule has 2 aromatic rings. The van der Waals surface area contributed by atoms with Crippen molar-refractivity contribution in [2.24, 2.45) is 0 Å². The molecule has 5 heteroatoms. The van der Waals surface area contributed by atoms with Crippen LogP contribution in [-0.4, -0.2) is 20.5 Å². The summed E-state index contributed by atoms with van der Waals surface area (Å²) in [7, 11) is 0. The molecule has 0 aliphatic carbocycles. The van der Waals surface area contributed by atoms with Crippen molar-refractivity contribution in [1.29, 1.82) is 0 Å². The average molecular weight is 306 g/mol. The van der Waals surface area contributed by atoms with Crippen LogP contribution in [0.2, 0.25) is 0 Å². The fraction of sp³-hybridized carbons (Fsp3) is 0.500. The monoisotopic (exact) mass is 306 g/mol. The Kier molecular flexibility index (Phi) is 3.74. The SMILES string of the molecule is CC(C)(C)c1nc2scc(C(C)(C)C)n2c1/C=C/C(=O)O. The van der Waals surface area contributed by atoms with E-state index < -0.39 is 5.97 Å². The Morgan fingerprint density at radius 3 is 2.33 bits per heavy atom. The molecule has 0 aliphatic rings. The second-order valence-electron chi connectivity index (χ2n) is 7.26. The number of thiazole rings is 1. The highest BCUT2D eigenvalue weighted by Gasteiger charge is 2.27. The molecule has 0 saturated carbocycles. The van der Waals surface area contributed by atoms with Gasteiger partial charge in [-0.15, -0.1) is 11.3 Å². The lowest BCUT2D eigenvalue weighted by molar-refractivity contribution is -0.131. The van der Waals surface area contributed by atoms with Gasteiger partial charge in [-0.1, -0.05) is 41.5 Å². The number of rotatable bonds is 2. The number of carboxylic acids is 1. The number of carbonyl (C=O) groups is 1. The molecule has 4 nitrogen and oxygen atoms in total. The zero-order chi connectivity index (χ0) is 16.0. The molecule has 0 radical (unpaired) electrons. The van der Waals surface area contributed by atoms with Gasteiger partial charge in [0.05, 0.1) is 11.4 Å². The van der Waals surface area contributed by atoms with Gasteiger partial charge >= 0.3 is 5.97 Å². The molecular weight excluding hydrogens is 284 g/mol. The van der Waals surface area contributed by atoms with E-state index in [-0.39, 0.29) is 10.8 Å². The summed E-state index contributed by atoms with van der Waals surface area (Å²) in [6.07, 6.45) is 2.84. The molecule has 0 fully saturated rings. The first-order valence-electron chi connectivity index (χ1n) is 6.93. The van der Waals surface area contributed by atoms with Gasteiger partial charge in [-0.2, -0.15) is 0 Å². The van der Waals surface area contributed by atoms with E-state index in [2.05, 4.69) is 51.3 Å². The summed E-state index contributed by atoms with van der Waals surface area (Å²) in [6.45, 7) is 12.7. The van der Waals surface area contributed by atoms with E-state index in [9.17, 15) is 4.79 Å². The third kappa shape index (κ3) is 3.02. The number of aromatic nitrogens is 2. The fourth-order valence-corrected chi connectivity index (χ4v) is 3.37. The Labute approximate surface area is 129 Å². The van der Waals surface area contributed by atoms with Crippen LogP contribution in [0.4, 0.5) is 0 Å². The Morgan fingerprint density at radius 1 is 1.24 bits per heavy atom. The van der Waals surface area contributed by atoms with Crippen molar-refractivity contribution in [2.45, 2.75) is 52.4 Å². The minimum atomic E-state index is -0.947. The number of hydrogen-bond acceptors (Lipinski definition) is 3. The number of hydrogen-bond donors (Lipinski definition) is 1. The molecule has 0 atom stereocenters. The standard InChI is InChI=1S/C16H22N2O2S/c1-15(2,3)11-9-21-14-17-13(16(4,5)6)10(18(11)14)7-8-12(19)20/h7-9H,1-6H3,(H,19,20)/b8-7+. The molecule has 114 valence electrons. The minimum absolute atomic E-state index is 0.0279. The molecule has 0 amide bonds. The highest BCUT2D eigenvalue weighted by Crippen LogP contribution is 2.34. The highest BCUT2D eigenvalue weighted by molar-refractivity contribution is 7.15. The Bertz CT molecular complexity index is 709. The summed E-state index contributed by atoms with van der Waals surface area (Å²) >= 11 is 1.60. The van der Waals surface area contributed by atoms with Crippen LogP contribution in [0.3, 0.4) is 0 Å². The van der Waals surface area contributed by atoms with Crippen LogP contribution in [0, 0.1) is 0 Å². The quantitative estimate of drug-likeness (QED) is 0.850. The summed E-state index contributed by atoms with van der Waals surface area (Å²) in [6, 6.07) is 0. The Balaban J connectivity index is 2.79. The van der Waals surface area contributed by atoms with Gasteiger partial charge in [0.15, 0.2) is 4.96 Å². The maximum atomic E-state index is 10.9.